The van der Waals surface area contributed by atoms with E-state index in [0.717, 1.165) is 0 Å². The second-order valence-electron chi connectivity index (χ2n) is 3.66. The Balaban J connectivity index is 2.98. The number of alkyl halides is 1. The fourth-order valence-corrected chi connectivity index (χ4v) is 1.03. The highest BCUT2D eigenvalue weighted by Gasteiger charge is 2.27. The molecule has 0 bridgehead atoms. The average molecular weight is 287 g/mol. The molecule has 1 rings (SSSR count). The Labute approximate surface area is 101 Å². The van der Waals surface area contributed by atoms with Gasteiger partial charge in [-0.2, -0.15) is 0 Å². The minimum absolute atomic E-state index is 0.0346. The van der Waals surface area contributed by atoms with E-state index in [9.17, 15) is 9.59 Å². The van der Waals surface area contributed by atoms with Crippen molar-refractivity contribution in [3.63, 3.8) is 0 Å². The first-order valence-electron chi connectivity index (χ1n) is 4.56. The molecular weight excluding hydrogens is 276 g/mol. The van der Waals surface area contributed by atoms with E-state index in [1.54, 1.807) is 26.0 Å². The number of para-hydroxylation sites is 1. The normalized spacial score (nSPS) is 10.9. The van der Waals surface area contributed by atoms with Gasteiger partial charge in [0.15, 0.2) is 0 Å². The number of ether oxygens (including phenoxy) is 1. The number of esters is 1. The van der Waals surface area contributed by atoms with Crippen LogP contribution in [0, 0.1) is 0 Å². The Kier molecular flexibility index (Phi) is 3.70. The summed E-state index contributed by atoms with van der Waals surface area (Å²) in [6, 6.07) is 6.00. The van der Waals surface area contributed by atoms with Gasteiger partial charge in [0.05, 0.1) is 0 Å². The molecule has 86 valence electrons. The predicted octanol–water partition coefficient (Wildman–Crippen LogP) is 2.46. The Morgan fingerprint density at radius 3 is 2.38 bits per heavy atom. The molecule has 1 aromatic rings. The van der Waals surface area contributed by atoms with Crippen LogP contribution in [0.4, 0.5) is 0 Å². The smallest absolute Gasteiger partial charge is 0.339 e. The molecule has 5 heteroatoms. The van der Waals surface area contributed by atoms with Gasteiger partial charge in [0.1, 0.15) is 15.6 Å². The Morgan fingerprint density at radius 1 is 1.31 bits per heavy atom. The van der Waals surface area contributed by atoms with Crippen molar-refractivity contribution in [1.82, 2.24) is 0 Å². The molecule has 0 atom stereocenters. The number of aromatic carboxylic acids is 1. The summed E-state index contributed by atoms with van der Waals surface area (Å²) in [6.07, 6.45) is 0. The van der Waals surface area contributed by atoms with Crippen LogP contribution in [0.1, 0.15) is 24.2 Å². The summed E-state index contributed by atoms with van der Waals surface area (Å²) < 4.78 is 4.16. The lowest BCUT2D eigenvalue weighted by molar-refractivity contribution is -0.136. The minimum atomic E-state index is -1.13. The number of carbonyl (C=O) groups is 2. The van der Waals surface area contributed by atoms with E-state index in [4.69, 9.17) is 9.84 Å². The van der Waals surface area contributed by atoms with E-state index in [0.29, 0.717) is 0 Å². The fraction of sp³-hybridized carbons (Fsp3) is 0.273. The van der Waals surface area contributed by atoms with Crippen LogP contribution in [-0.2, 0) is 4.79 Å². The third-order valence-corrected chi connectivity index (χ3v) is 2.13. The minimum Gasteiger partial charge on any atom is -0.478 e. The largest absolute Gasteiger partial charge is 0.478 e. The number of hydrogen-bond acceptors (Lipinski definition) is 3. The first-order chi connectivity index (χ1) is 7.32. The Hall–Kier alpha value is -1.36. The summed E-state index contributed by atoms with van der Waals surface area (Å²) >= 11 is 3.14. The molecule has 0 saturated heterocycles. The molecule has 0 aromatic heterocycles. The van der Waals surface area contributed by atoms with Crippen LogP contribution in [0.5, 0.6) is 5.75 Å². The molecule has 0 saturated carbocycles. The second-order valence-corrected chi connectivity index (χ2v) is 5.65. The number of benzene rings is 1. The van der Waals surface area contributed by atoms with E-state index >= 15 is 0 Å². The quantitative estimate of drug-likeness (QED) is 0.527. The van der Waals surface area contributed by atoms with Gasteiger partial charge in [0, 0.05) is 0 Å². The van der Waals surface area contributed by atoms with Crippen LogP contribution in [0.2, 0.25) is 0 Å². The van der Waals surface area contributed by atoms with E-state index < -0.39 is 16.3 Å². The molecular formula is C11H11BrO4. The van der Waals surface area contributed by atoms with Crippen molar-refractivity contribution >= 4 is 27.9 Å². The molecule has 0 amide bonds. The number of carboxylic acid groups (broad SMARTS) is 1. The predicted molar refractivity (Wildman–Crippen MR) is 62.0 cm³/mol. The highest BCUT2D eigenvalue weighted by atomic mass is 79.9. The van der Waals surface area contributed by atoms with E-state index in [1.807, 2.05) is 0 Å². The number of halogens is 1. The molecule has 0 aliphatic heterocycles. The molecule has 0 aliphatic carbocycles. The summed E-state index contributed by atoms with van der Waals surface area (Å²) in [5, 5.41) is 8.88. The maximum absolute atomic E-state index is 11.5. The van der Waals surface area contributed by atoms with Gasteiger partial charge in [-0.3, -0.25) is 4.79 Å². The molecule has 0 fully saturated rings. The number of carbonyl (C=O) groups excluding carboxylic acids is 1. The monoisotopic (exact) mass is 286 g/mol. The van der Waals surface area contributed by atoms with Gasteiger partial charge in [-0.05, 0) is 26.0 Å². The van der Waals surface area contributed by atoms with Crippen molar-refractivity contribution in [2.45, 2.75) is 18.2 Å². The van der Waals surface area contributed by atoms with E-state index in [-0.39, 0.29) is 11.3 Å². The third-order valence-electron chi connectivity index (χ3n) is 1.81. The van der Waals surface area contributed by atoms with E-state index in [1.165, 1.54) is 12.1 Å². The summed E-state index contributed by atoms with van der Waals surface area (Å²) in [6.45, 7) is 3.25. The summed E-state index contributed by atoms with van der Waals surface area (Å²) in [5.41, 5.74) is -0.0346. The lowest BCUT2D eigenvalue weighted by Crippen LogP contribution is -2.29. The highest BCUT2D eigenvalue weighted by molar-refractivity contribution is 9.10. The Morgan fingerprint density at radius 2 is 1.88 bits per heavy atom. The third kappa shape index (κ3) is 3.06. The van der Waals surface area contributed by atoms with Crippen molar-refractivity contribution in [2.24, 2.45) is 0 Å². The van der Waals surface area contributed by atoms with Gasteiger partial charge in [-0.15, -0.1) is 0 Å². The van der Waals surface area contributed by atoms with Gasteiger partial charge in [0.25, 0.3) is 0 Å². The van der Waals surface area contributed by atoms with Crippen LogP contribution < -0.4 is 4.74 Å². The lowest BCUT2D eigenvalue weighted by Gasteiger charge is -2.15. The number of hydrogen-bond donors (Lipinski definition) is 1. The molecule has 0 spiro atoms. The van der Waals surface area contributed by atoms with E-state index in [2.05, 4.69) is 15.9 Å². The van der Waals surface area contributed by atoms with Crippen molar-refractivity contribution in [2.75, 3.05) is 0 Å². The lowest BCUT2D eigenvalue weighted by atomic mass is 10.2. The molecule has 4 nitrogen and oxygen atoms in total. The van der Waals surface area contributed by atoms with Crippen molar-refractivity contribution in [3.8, 4) is 5.75 Å². The van der Waals surface area contributed by atoms with Crippen LogP contribution >= 0.6 is 15.9 Å². The first kappa shape index (κ1) is 12.7. The molecule has 1 aromatic carbocycles. The number of rotatable bonds is 3. The van der Waals surface area contributed by atoms with Crippen LogP contribution in [0.15, 0.2) is 24.3 Å². The average Bonchev–Trinajstić information content (AvgIpc) is 2.16. The van der Waals surface area contributed by atoms with Crippen molar-refractivity contribution in [1.29, 1.82) is 0 Å². The zero-order valence-corrected chi connectivity index (χ0v) is 10.4. The number of carboxylic acids is 1. The van der Waals surface area contributed by atoms with Crippen molar-refractivity contribution < 1.29 is 19.4 Å². The van der Waals surface area contributed by atoms with Crippen molar-refractivity contribution in [3.05, 3.63) is 29.8 Å². The van der Waals surface area contributed by atoms with Crippen LogP contribution in [0.3, 0.4) is 0 Å². The molecule has 0 aliphatic rings. The Bertz CT molecular complexity index is 420. The maximum Gasteiger partial charge on any atom is 0.339 e. The first-order valence-corrected chi connectivity index (χ1v) is 5.35. The summed E-state index contributed by atoms with van der Waals surface area (Å²) in [7, 11) is 0. The second kappa shape index (κ2) is 4.65. The standard InChI is InChI=1S/C11H11BrO4/c1-11(2,12)10(15)16-8-6-4-3-5-7(8)9(13)14/h3-6H,1-2H3,(H,13,14). The van der Waals surface area contributed by atoms with Gasteiger partial charge in [-0.1, -0.05) is 28.1 Å². The van der Waals surface area contributed by atoms with Gasteiger partial charge in [-0.25, -0.2) is 4.79 Å². The van der Waals surface area contributed by atoms with Gasteiger partial charge >= 0.3 is 11.9 Å². The SMILES string of the molecule is CC(C)(Br)C(=O)Oc1ccccc1C(=O)O. The van der Waals surface area contributed by atoms with Gasteiger partial charge < -0.3 is 9.84 Å². The summed E-state index contributed by atoms with van der Waals surface area (Å²) in [5.74, 6) is -1.62. The maximum atomic E-state index is 11.5. The molecule has 0 heterocycles. The van der Waals surface area contributed by atoms with Gasteiger partial charge in [0.2, 0.25) is 0 Å². The molecule has 0 unspecified atom stereocenters. The summed E-state index contributed by atoms with van der Waals surface area (Å²) in [4.78, 5) is 22.4. The molecule has 0 radical (unpaired) electrons. The van der Waals surface area contributed by atoms with Crippen LogP contribution in [0.25, 0.3) is 0 Å². The molecule has 1 N–H and O–H groups in total. The zero-order valence-electron chi connectivity index (χ0n) is 8.86. The zero-order chi connectivity index (χ0) is 12.3. The van der Waals surface area contributed by atoms with Crippen LogP contribution in [-0.4, -0.2) is 21.4 Å². The molecule has 16 heavy (non-hydrogen) atoms. The fourth-order valence-electron chi connectivity index (χ4n) is 0.954. The topological polar surface area (TPSA) is 63.6 Å². The highest BCUT2D eigenvalue weighted by Crippen LogP contribution is 2.23.